The maximum absolute atomic E-state index is 10.7. The quantitative estimate of drug-likeness (QED) is 0.650. The molecule has 0 aromatic rings. The van der Waals surface area contributed by atoms with E-state index in [1.54, 1.807) is 0 Å². The number of rotatable bonds is 5. The van der Waals surface area contributed by atoms with Crippen molar-refractivity contribution < 1.29 is 9.53 Å². The highest BCUT2D eigenvalue weighted by Crippen LogP contribution is 2.28. The van der Waals surface area contributed by atoms with Crippen molar-refractivity contribution in [1.29, 1.82) is 0 Å². The van der Waals surface area contributed by atoms with Crippen LogP contribution < -0.4 is 0 Å². The second kappa shape index (κ2) is 5.52. The Morgan fingerprint density at radius 1 is 1.40 bits per heavy atom. The number of nitrogens with zero attached hydrogens (tertiary/aromatic N) is 1. The number of ether oxygens (including phenoxy) is 1. The molecule has 0 atom stereocenters. The van der Waals surface area contributed by atoms with Gasteiger partial charge in [-0.1, -0.05) is 13.3 Å². The Bertz CT molecular complexity index is 347. The lowest BCUT2D eigenvalue weighted by atomic mass is 10.1. The van der Waals surface area contributed by atoms with Gasteiger partial charge >= 0.3 is 0 Å². The third kappa shape index (κ3) is 2.57. The van der Waals surface area contributed by atoms with E-state index in [-0.39, 0.29) is 0 Å². The SMILES string of the molecule is CCCCC1=C(OCC)C(C)=NC1=C=O. The van der Waals surface area contributed by atoms with Crippen LogP contribution in [0.2, 0.25) is 0 Å². The summed E-state index contributed by atoms with van der Waals surface area (Å²) in [4.78, 5) is 14.9. The van der Waals surface area contributed by atoms with Gasteiger partial charge in [0.25, 0.3) is 0 Å². The molecule has 0 saturated carbocycles. The van der Waals surface area contributed by atoms with Gasteiger partial charge in [-0.3, -0.25) is 0 Å². The summed E-state index contributed by atoms with van der Waals surface area (Å²) in [5, 5.41) is 0. The third-order valence-corrected chi connectivity index (χ3v) is 2.33. The van der Waals surface area contributed by atoms with E-state index < -0.39 is 0 Å². The van der Waals surface area contributed by atoms with Gasteiger partial charge in [-0.2, -0.15) is 0 Å². The van der Waals surface area contributed by atoms with E-state index in [0.29, 0.717) is 12.3 Å². The Labute approximate surface area is 90.5 Å². The van der Waals surface area contributed by atoms with Gasteiger partial charge in [-0.15, -0.1) is 0 Å². The molecule has 1 aliphatic heterocycles. The van der Waals surface area contributed by atoms with Gasteiger partial charge in [0.05, 0.1) is 12.3 Å². The minimum Gasteiger partial charge on any atom is -0.492 e. The minimum absolute atomic E-state index is 0.421. The summed E-state index contributed by atoms with van der Waals surface area (Å²) < 4.78 is 5.51. The first-order valence-corrected chi connectivity index (χ1v) is 5.41. The van der Waals surface area contributed by atoms with Crippen molar-refractivity contribution in [3.63, 3.8) is 0 Å². The Kier molecular flexibility index (Phi) is 4.32. The van der Waals surface area contributed by atoms with Gasteiger partial charge in [0.15, 0.2) is 11.6 Å². The van der Waals surface area contributed by atoms with E-state index in [0.717, 1.165) is 36.3 Å². The van der Waals surface area contributed by atoms with Crippen LogP contribution in [0.5, 0.6) is 0 Å². The van der Waals surface area contributed by atoms with E-state index in [2.05, 4.69) is 11.9 Å². The summed E-state index contributed by atoms with van der Waals surface area (Å²) in [6, 6.07) is 0. The molecule has 3 nitrogen and oxygen atoms in total. The molecule has 0 unspecified atom stereocenters. The zero-order valence-electron chi connectivity index (χ0n) is 9.59. The predicted molar refractivity (Wildman–Crippen MR) is 60.5 cm³/mol. The first kappa shape index (κ1) is 11.7. The maximum Gasteiger partial charge on any atom is 0.154 e. The third-order valence-electron chi connectivity index (χ3n) is 2.33. The van der Waals surface area contributed by atoms with Crippen molar-refractivity contribution in [2.45, 2.75) is 40.0 Å². The molecule has 0 amide bonds. The number of hydrogen-bond acceptors (Lipinski definition) is 3. The maximum atomic E-state index is 10.7. The first-order valence-electron chi connectivity index (χ1n) is 5.41. The van der Waals surface area contributed by atoms with Crippen molar-refractivity contribution in [3.05, 3.63) is 17.0 Å². The Balaban J connectivity index is 2.95. The molecule has 15 heavy (non-hydrogen) atoms. The molecule has 0 N–H and O–H groups in total. The topological polar surface area (TPSA) is 38.7 Å². The molecule has 0 aliphatic carbocycles. The van der Waals surface area contributed by atoms with E-state index in [1.807, 2.05) is 19.8 Å². The van der Waals surface area contributed by atoms with E-state index in [4.69, 9.17) is 4.74 Å². The van der Waals surface area contributed by atoms with Gasteiger partial charge in [0.1, 0.15) is 5.76 Å². The van der Waals surface area contributed by atoms with Gasteiger partial charge < -0.3 is 4.74 Å². The molecule has 3 heteroatoms. The molecule has 1 rings (SSSR count). The number of carbonyl (C=O) groups excluding carboxylic acids is 1. The largest absolute Gasteiger partial charge is 0.492 e. The van der Waals surface area contributed by atoms with Crippen LogP contribution in [0, 0.1) is 0 Å². The van der Waals surface area contributed by atoms with Crippen LogP contribution >= 0.6 is 0 Å². The van der Waals surface area contributed by atoms with Crippen molar-refractivity contribution >= 4 is 11.7 Å². The van der Waals surface area contributed by atoms with Crippen LogP contribution in [-0.4, -0.2) is 18.3 Å². The average Bonchev–Trinajstić information content (AvgIpc) is 2.53. The zero-order chi connectivity index (χ0) is 11.3. The summed E-state index contributed by atoms with van der Waals surface area (Å²) in [6.07, 6.45) is 2.98. The van der Waals surface area contributed by atoms with Crippen molar-refractivity contribution in [2.75, 3.05) is 6.61 Å². The Morgan fingerprint density at radius 2 is 2.13 bits per heavy atom. The Hall–Kier alpha value is -1.34. The molecule has 0 saturated heterocycles. The Morgan fingerprint density at radius 3 is 2.67 bits per heavy atom. The van der Waals surface area contributed by atoms with Crippen LogP contribution in [0.3, 0.4) is 0 Å². The summed E-state index contributed by atoms with van der Waals surface area (Å²) >= 11 is 0. The molecule has 1 aliphatic rings. The standard InChI is InChI=1S/C12H17NO2/c1-4-6-7-10-11(8-14)13-9(3)12(10)15-5-2/h4-7H2,1-3H3. The van der Waals surface area contributed by atoms with Crippen LogP contribution in [0.25, 0.3) is 0 Å². The van der Waals surface area contributed by atoms with E-state index in [1.165, 1.54) is 0 Å². The van der Waals surface area contributed by atoms with Gasteiger partial charge in [-0.25, -0.2) is 9.79 Å². The van der Waals surface area contributed by atoms with Crippen LogP contribution in [0.1, 0.15) is 40.0 Å². The van der Waals surface area contributed by atoms with Crippen molar-refractivity contribution in [1.82, 2.24) is 0 Å². The highest BCUT2D eigenvalue weighted by Gasteiger charge is 2.22. The number of unbranched alkanes of at least 4 members (excludes halogenated alkanes) is 1. The van der Waals surface area contributed by atoms with E-state index in [9.17, 15) is 4.79 Å². The number of allylic oxidation sites excluding steroid dienone is 2. The van der Waals surface area contributed by atoms with Crippen LogP contribution in [0.15, 0.2) is 22.0 Å². The summed E-state index contributed by atoms with van der Waals surface area (Å²) in [5.41, 5.74) is 2.14. The van der Waals surface area contributed by atoms with Crippen molar-refractivity contribution in [2.24, 2.45) is 4.99 Å². The fraction of sp³-hybridized carbons (Fsp3) is 0.583. The second-order valence-corrected chi connectivity index (χ2v) is 3.49. The summed E-state index contributed by atoms with van der Waals surface area (Å²) in [6.45, 7) is 6.51. The lowest BCUT2D eigenvalue weighted by molar-refractivity contribution is 0.246. The highest BCUT2D eigenvalue weighted by molar-refractivity contribution is 6.02. The zero-order valence-corrected chi connectivity index (χ0v) is 9.59. The second-order valence-electron chi connectivity index (χ2n) is 3.49. The smallest absolute Gasteiger partial charge is 0.154 e. The summed E-state index contributed by atoms with van der Waals surface area (Å²) in [5.74, 6) is 2.66. The van der Waals surface area contributed by atoms with Crippen LogP contribution in [-0.2, 0) is 9.53 Å². The molecule has 0 spiro atoms. The number of aliphatic imine (C=N–C) groups is 1. The van der Waals surface area contributed by atoms with E-state index >= 15 is 0 Å². The molecular formula is C12H17NO2. The molecule has 0 aromatic heterocycles. The normalized spacial score (nSPS) is 15.4. The average molecular weight is 207 g/mol. The van der Waals surface area contributed by atoms with Crippen molar-refractivity contribution in [3.8, 4) is 0 Å². The lowest BCUT2D eigenvalue weighted by Gasteiger charge is -2.07. The molecular weight excluding hydrogens is 190 g/mol. The molecule has 0 fully saturated rings. The molecule has 0 bridgehead atoms. The highest BCUT2D eigenvalue weighted by atomic mass is 16.5. The lowest BCUT2D eigenvalue weighted by Crippen LogP contribution is -2.01. The molecule has 82 valence electrons. The molecule has 0 aromatic carbocycles. The van der Waals surface area contributed by atoms with Gasteiger partial charge in [0, 0.05) is 5.57 Å². The first-order chi connectivity index (χ1) is 7.24. The van der Waals surface area contributed by atoms with Crippen LogP contribution in [0.4, 0.5) is 0 Å². The minimum atomic E-state index is 0.421. The summed E-state index contributed by atoms with van der Waals surface area (Å²) in [7, 11) is 0. The van der Waals surface area contributed by atoms with Gasteiger partial charge in [-0.05, 0) is 26.7 Å². The molecule has 0 radical (unpaired) electrons. The fourth-order valence-electron chi connectivity index (χ4n) is 1.62. The predicted octanol–water partition coefficient (Wildman–Crippen LogP) is 2.66. The van der Waals surface area contributed by atoms with Gasteiger partial charge in [0.2, 0.25) is 0 Å². The monoisotopic (exact) mass is 207 g/mol. The molecule has 1 heterocycles. The number of hydrogen-bond donors (Lipinski definition) is 0. The fourth-order valence-corrected chi connectivity index (χ4v) is 1.62.